The molecule has 0 spiro atoms. The molecule has 37 heavy (non-hydrogen) atoms. The fourth-order valence-electron chi connectivity index (χ4n) is 4.50. The third-order valence-electron chi connectivity index (χ3n) is 6.41. The minimum atomic E-state index is -1.05. The second-order valence-corrected chi connectivity index (χ2v) is 9.12. The molecule has 4 aromatic rings. The Labute approximate surface area is 213 Å². The number of furan rings is 1. The minimum absolute atomic E-state index is 0.0590. The zero-order chi connectivity index (χ0) is 25.8. The van der Waals surface area contributed by atoms with Crippen LogP contribution in [0.4, 0.5) is 4.39 Å². The van der Waals surface area contributed by atoms with Gasteiger partial charge in [-0.25, -0.2) is 9.07 Å². The van der Waals surface area contributed by atoms with Crippen LogP contribution in [0.2, 0.25) is 0 Å². The topological polar surface area (TPSA) is 102 Å². The van der Waals surface area contributed by atoms with E-state index >= 15 is 0 Å². The predicted octanol–water partition coefficient (Wildman–Crippen LogP) is 3.54. The number of amides is 2. The van der Waals surface area contributed by atoms with Gasteiger partial charge in [-0.15, -0.1) is 5.10 Å². The molecule has 2 amide bonds. The Balaban J connectivity index is 1.47. The van der Waals surface area contributed by atoms with Gasteiger partial charge in [-0.1, -0.05) is 29.5 Å². The lowest BCUT2D eigenvalue weighted by atomic mass is 10.1. The molecule has 0 unspecified atom stereocenters. The van der Waals surface area contributed by atoms with Crippen LogP contribution >= 0.6 is 0 Å². The molecule has 10 heteroatoms. The third-order valence-corrected chi connectivity index (χ3v) is 6.41. The molecule has 1 aliphatic heterocycles. The first-order valence-corrected chi connectivity index (χ1v) is 12.3. The SMILES string of the molecule is Cc1ccc([C@@H](C(=O)NC[C@H]2CCCO2)N(Cc2ccc(F)cc2)C(=O)Cn2nnc3ccccc32)o1. The summed E-state index contributed by atoms with van der Waals surface area (Å²) in [6.45, 7) is 2.70. The molecule has 0 bridgehead atoms. The highest BCUT2D eigenvalue weighted by Crippen LogP contribution is 2.27. The highest BCUT2D eigenvalue weighted by atomic mass is 19.1. The van der Waals surface area contributed by atoms with Crippen LogP contribution in [-0.2, 0) is 27.4 Å². The summed E-state index contributed by atoms with van der Waals surface area (Å²) in [4.78, 5) is 28.9. The molecule has 0 aliphatic carbocycles. The Bertz CT molecular complexity index is 1380. The number of hydrogen-bond donors (Lipinski definition) is 1. The lowest BCUT2D eigenvalue weighted by molar-refractivity contribution is -0.143. The highest BCUT2D eigenvalue weighted by Gasteiger charge is 2.35. The lowest BCUT2D eigenvalue weighted by Gasteiger charge is -2.30. The molecule has 1 N–H and O–H groups in total. The number of fused-ring (bicyclic) bond motifs is 1. The van der Waals surface area contributed by atoms with Crippen molar-refractivity contribution < 1.29 is 23.1 Å². The number of halogens is 1. The Morgan fingerprint density at radius 2 is 1.97 bits per heavy atom. The maximum absolute atomic E-state index is 13.8. The number of aryl methyl sites for hydroxylation is 1. The van der Waals surface area contributed by atoms with Crippen LogP contribution in [0, 0.1) is 12.7 Å². The molecule has 192 valence electrons. The molecule has 0 radical (unpaired) electrons. The summed E-state index contributed by atoms with van der Waals surface area (Å²) in [6.07, 6.45) is 1.75. The van der Waals surface area contributed by atoms with Crippen LogP contribution in [0.3, 0.4) is 0 Å². The molecule has 2 atom stereocenters. The van der Waals surface area contributed by atoms with Gasteiger partial charge in [-0.05, 0) is 61.7 Å². The van der Waals surface area contributed by atoms with Crippen molar-refractivity contribution in [3.05, 3.63) is 83.6 Å². The van der Waals surface area contributed by atoms with Gasteiger partial charge in [0, 0.05) is 19.7 Å². The summed E-state index contributed by atoms with van der Waals surface area (Å²) in [5.41, 5.74) is 2.03. The van der Waals surface area contributed by atoms with Crippen LogP contribution in [0.1, 0.15) is 36.0 Å². The van der Waals surface area contributed by atoms with Crippen LogP contribution in [0.25, 0.3) is 11.0 Å². The van der Waals surface area contributed by atoms with E-state index < -0.39 is 6.04 Å². The molecule has 1 saturated heterocycles. The van der Waals surface area contributed by atoms with Gasteiger partial charge in [0.2, 0.25) is 5.91 Å². The maximum Gasteiger partial charge on any atom is 0.250 e. The standard InChI is InChI=1S/C27H28FN5O4/c1-18-8-13-24(37-18)26(27(35)29-15-21-5-4-14-36-21)32(16-19-9-11-20(28)12-10-19)25(34)17-33-23-7-3-2-6-22(23)30-31-33/h2-3,6-13,21,26H,4-5,14-17H2,1H3,(H,29,35)/t21-,26+/m1/s1. The number of carbonyl (C=O) groups is 2. The molecular weight excluding hydrogens is 477 g/mol. The first-order valence-electron chi connectivity index (χ1n) is 12.3. The van der Waals surface area contributed by atoms with Crippen molar-refractivity contribution in [2.45, 2.75) is 45.0 Å². The van der Waals surface area contributed by atoms with Crippen molar-refractivity contribution >= 4 is 22.8 Å². The molecule has 0 saturated carbocycles. The fraction of sp³-hybridized carbons (Fsp3) is 0.333. The number of para-hydroxylation sites is 1. The van der Waals surface area contributed by atoms with Crippen molar-refractivity contribution in [3.8, 4) is 0 Å². The average Bonchev–Trinajstić information content (AvgIpc) is 3.66. The number of nitrogens with zero attached hydrogens (tertiary/aromatic N) is 4. The van der Waals surface area contributed by atoms with Crippen molar-refractivity contribution in [1.29, 1.82) is 0 Å². The van der Waals surface area contributed by atoms with E-state index in [9.17, 15) is 14.0 Å². The largest absolute Gasteiger partial charge is 0.464 e. The number of hydrogen-bond acceptors (Lipinski definition) is 6. The number of nitrogens with one attached hydrogen (secondary N) is 1. The van der Waals surface area contributed by atoms with Crippen LogP contribution in [-0.4, -0.2) is 51.0 Å². The van der Waals surface area contributed by atoms with Gasteiger partial charge < -0.3 is 19.4 Å². The smallest absolute Gasteiger partial charge is 0.250 e. The van der Waals surface area contributed by atoms with E-state index in [2.05, 4.69) is 15.6 Å². The van der Waals surface area contributed by atoms with Crippen LogP contribution in [0.15, 0.2) is 65.1 Å². The normalized spacial score (nSPS) is 16.1. The molecule has 1 aliphatic rings. The third kappa shape index (κ3) is 5.69. The number of carbonyl (C=O) groups excluding carboxylic acids is 2. The maximum atomic E-state index is 13.8. The van der Waals surface area contributed by atoms with E-state index in [-0.39, 0.29) is 36.8 Å². The molecule has 5 rings (SSSR count). The van der Waals surface area contributed by atoms with Crippen molar-refractivity contribution in [2.24, 2.45) is 0 Å². The van der Waals surface area contributed by atoms with Crippen LogP contribution in [0.5, 0.6) is 0 Å². The number of benzene rings is 2. The van der Waals surface area contributed by atoms with Crippen LogP contribution < -0.4 is 5.32 Å². The quantitative estimate of drug-likeness (QED) is 0.373. The summed E-state index contributed by atoms with van der Waals surface area (Å²) in [5.74, 6) is -0.192. The van der Waals surface area contributed by atoms with Gasteiger partial charge in [0.25, 0.3) is 5.91 Å². The van der Waals surface area contributed by atoms with Gasteiger partial charge in [0.1, 0.15) is 29.4 Å². The number of ether oxygens (including phenoxy) is 1. The molecule has 2 aromatic carbocycles. The zero-order valence-corrected chi connectivity index (χ0v) is 20.5. The van der Waals surface area contributed by atoms with Gasteiger partial charge >= 0.3 is 0 Å². The molecule has 3 heterocycles. The second kappa shape index (κ2) is 10.9. The summed E-state index contributed by atoms with van der Waals surface area (Å²) >= 11 is 0. The molecule has 2 aromatic heterocycles. The number of rotatable bonds is 9. The predicted molar refractivity (Wildman–Crippen MR) is 133 cm³/mol. The van der Waals surface area contributed by atoms with Crippen molar-refractivity contribution in [2.75, 3.05) is 13.2 Å². The summed E-state index contributed by atoms with van der Waals surface area (Å²) < 4.78 is 26.6. The first-order chi connectivity index (χ1) is 18.0. The Hall–Kier alpha value is -4.05. The molecule has 9 nitrogen and oxygen atoms in total. The van der Waals surface area contributed by atoms with E-state index in [0.717, 1.165) is 12.8 Å². The monoisotopic (exact) mass is 505 g/mol. The summed E-state index contributed by atoms with van der Waals surface area (Å²) in [6, 6.07) is 15.6. The average molecular weight is 506 g/mol. The Morgan fingerprint density at radius 1 is 1.16 bits per heavy atom. The van der Waals surface area contributed by atoms with E-state index in [1.54, 1.807) is 31.2 Å². The zero-order valence-electron chi connectivity index (χ0n) is 20.5. The van der Waals surface area contributed by atoms with Crippen molar-refractivity contribution in [3.63, 3.8) is 0 Å². The lowest BCUT2D eigenvalue weighted by Crippen LogP contribution is -2.46. The Kier molecular flexibility index (Phi) is 7.27. The van der Waals surface area contributed by atoms with Gasteiger partial charge in [0.15, 0.2) is 6.04 Å². The van der Waals surface area contributed by atoms with E-state index in [4.69, 9.17) is 9.15 Å². The van der Waals surface area contributed by atoms with Gasteiger partial charge in [0.05, 0.1) is 11.6 Å². The molecule has 1 fully saturated rings. The highest BCUT2D eigenvalue weighted by molar-refractivity contribution is 5.88. The van der Waals surface area contributed by atoms with Gasteiger partial charge in [-0.3, -0.25) is 9.59 Å². The summed E-state index contributed by atoms with van der Waals surface area (Å²) in [7, 11) is 0. The van der Waals surface area contributed by atoms with E-state index in [0.29, 0.717) is 41.3 Å². The van der Waals surface area contributed by atoms with Gasteiger partial charge in [-0.2, -0.15) is 0 Å². The van der Waals surface area contributed by atoms with Crippen molar-refractivity contribution in [1.82, 2.24) is 25.2 Å². The Morgan fingerprint density at radius 3 is 2.70 bits per heavy atom. The second-order valence-electron chi connectivity index (χ2n) is 9.12. The minimum Gasteiger partial charge on any atom is -0.464 e. The fourth-order valence-corrected chi connectivity index (χ4v) is 4.50. The van der Waals surface area contributed by atoms with E-state index in [1.807, 2.05) is 24.3 Å². The summed E-state index contributed by atoms with van der Waals surface area (Å²) in [5, 5.41) is 11.2. The molecular formula is C27H28FN5O4. The number of aromatic nitrogens is 3. The van der Waals surface area contributed by atoms with E-state index in [1.165, 1.54) is 21.7 Å². The first kappa shape index (κ1) is 24.6.